The molecule has 1 heterocycles. The Hall–Kier alpha value is -1.64. The lowest BCUT2D eigenvalue weighted by molar-refractivity contribution is 0.564. The van der Waals surface area contributed by atoms with Gasteiger partial charge >= 0.3 is 0 Å². The summed E-state index contributed by atoms with van der Waals surface area (Å²) in [6.45, 7) is 6.53. The first kappa shape index (κ1) is 13.8. The van der Waals surface area contributed by atoms with Crippen LogP contribution < -0.4 is 5.73 Å². The van der Waals surface area contributed by atoms with Gasteiger partial charge < -0.3 is 5.73 Å². The molecule has 0 aromatic carbocycles. The van der Waals surface area contributed by atoms with E-state index >= 15 is 0 Å². The fourth-order valence-corrected chi connectivity index (χ4v) is 2.42. The maximum atomic E-state index is 6.11. The molecule has 2 rings (SSSR count). The summed E-state index contributed by atoms with van der Waals surface area (Å²) < 4.78 is 0. The molecule has 102 valence electrons. The van der Waals surface area contributed by atoms with Crippen LogP contribution in [0.1, 0.15) is 63.0 Å². The largest absolute Gasteiger partial charge is 0.383 e. The quantitative estimate of drug-likeness (QED) is 0.886. The molecular formula is C16H23N3. The van der Waals surface area contributed by atoms with E-state index in [4.69, 9.17) is 10.7 Å². The Bertz CT molecular complexity index is 503. The molecule has 2 atom stereocenters. The highest BCUT2D eigenvalue weighted by Crippen LogP contribution is 2.27. The number of hydrogen-bond donors (Lipinski definition) is 1. The second kappa shape index (κ2) is 6.00. The third-order valence-corrected chi connectivity index (χ3v) is 3.64. The first-order valence-electron chi connectivity index (χ1n) is 7.19. The van der Waals surface area contributed by atoms with E-state index in [0.29, 0.717) is 17.7 Å². The number of nitrogen functional groups attached to an aromatic ring is 1. The van der Waals surface area contributed by atoms with E-state index < -0.39 is 0 Å². The molecule has 0 bridgehead atoms. The van der Waals surface area contributed by atoms with Gasteiger partial charge in [-0.2, -0.15) is 0 Å². The van der Waals surface area contributed by atoms with Crippen molar-refractivity contribution in [2.24, 2.45) is 5.92 Å². The number of hydrogen-bond acceptors (Lipinski definition) is 3. The second-order valence-electron chi connectivity index (χ2n) is 5.24. The van der Waals surface area contributed by atoms with E-state index in [9.17, 15) is 0 Å². The number of rotatable bonds is 4. The van der Waals surface area contributed by atoms with Crippen LogP contribution in [0.25, 0.3) is 12.2 Å². The van der Waals surface area contributed by atoms with Crippen molar-refractivity contribution in [2.45, 2.75) is 46.0 Å². The molecule has 0 amide bonds. The van der Waals surface area contributed by atoms with E-state index in [0.717, 1.165) is 36.3 Å². The van der Waals surface area contributed by atoms with Gasteiger partial charge in [0.1, 0.15) is 11.6 Å². The minimum atomic E-state index is 0.412. The molecular weight excluding hydrogens is 234 g/mol. The second-order valence-corrected chi connectivity index (χ2v) is 5.24. The highest BCUT2D eigenvalue weighted by molar-refractivity contribution is 5.72. The number of anilines is 1. The standard InChI is InChI=1S/C16H23N3/c1-4-6-12(5-2)16-18-14-10-8-11(3)7-9-13(14)15(17)19-16/h7-12H,4-6H2,1-3H3,(H2,17,18,19). The van der Waals surface area contributed by atoms with Crippen LogP contribution in [0.4, 0.5) is 5.82 Å². The molecule has 1 aliphatic carbocycles. The monoisotopic (exact) mass is 257 g/mol. The molecule has 0 spiro atoms. The molecule has 0 saturated heterocycles. The fourth-order valence-electron chi connectivity index (χ4n) is 2.42. The average molecular weight is 257 g/mol. The molecule has 2 unspecified atom stereocenters. The number of nitrogens with zero attached hydrogens (tertiary/aromatic N) is 2. The van der Waals surface area contributed by atoms with Crippen molar-refractivity contribution in [1.29, 1.82) is 0 Å². The van der Waals surface area contributed by atoms with Gasteiger partial charge in [-0.15, -0.1) is 0 Å². The molecule has 0 saturated carbocycles. The van der Waals surface area contributed by atoms with Gasteiger partial charge in [0.05, 0.1) is 5.69 Å². The maximum absolute atomic E-state index is 6.11. The lowest BCUT2D eigenvalue weighted by Gasteiger charge is -2.15. The molecule has 0 aliphatic heterocycles. The van der Waals surface area contributed by atoms with Gasteiger partial charge in [0.2, 0.25) is 0 Å². The van der Waals surface area contributed by atoms with Crippen molar-refractivity contribution in [3.63, 3.8) is 0 Å². The van der Waals surface area contributed by atoms with Crippen molar-refractivity contribution in [2.75, 3.05) is 5.73 Å². The van der Waals surface area contributed by atoms with Gasteiger partial charge in [-0.25, -0.2) is 9.97 Å². The number of nitrogens with two attached hydrogens (primary N) is 1. The lowest BCUT2D eigenvalue weighted by atomic mass is 9.99. The summed E-state index contributed by atoms with van der Waals surface area (Å²) in [5.41, 5.74) is 8.02. The van der Waals surface area contributed by atoms with Crippen LogP contribution in [-0.2, 0) is 0 Å². The molecule has 0 fully saturated rings. The summed E-state index contributed by atoms with van der Waals surface area (Å²) in [5.74, 6) is 2.32. The van der Waals surface area contributed by atoms with Crippen LogP contribution in [0.5, 0.6) is 0 Å². The fraction of sp³-hybridized carbons (Fsp3) is 0.500. The van der Waals surface area contributed by atoms with Crippen molar-refractivity contribution < 1.29 is 0 Å². The molecule has 1 aromatic rings. The van der Waals surface area contributed by atoms with Gasteiger partial charge in [0, 0.05) is 11.5 Å². The summed E-state index contributed by atoms with van der Waals surface area (Å²) >= 11 is 0. The number of fused-ring (bicyclic) bond motifs is 1. The third-order valence-electron chi connectivity index (χ3n) is 3.64. The Morgan fingerprint density at radius 1 is 1.21 bits per heavy atom. The van der Waals surface area contributed by atoms with Gasteiger partial charge in [0.25, 0.3) is 0 Å². The lowest BCUT2D eigenvalue weighted by Crippen LogP contribution is -2.09. The zero-order chi connectivity index (χ0) is 13.8. The summed E-state index contributed by atoms with van der Waals surface area (Å²) in [5, 5.41) is 0. The zero-order valence-corrected chi connectivity index (χ0v) is 12.1. The first-order chi connectivity index (χ1) is 9.15. The highest BCUT2D eigenvalue weighted by atomic mass is 15.0. The molecule has 3 nitrogen and oxygen atoms in total. The number of allylic oxidation sites excluding steroid dienone is 2. The zero-order valence-electron chi connectivity index (χ0n) is 12.1. The van der Waals surface area contributed by atoms with Crippen LogP contribution in [0, 0.1) is 5.92 Å². The van der Waals surface area contributed by atoms with Crippen LogP contribution in [0.3, 0.4) is 0 Å². The Morgan fingerprint density at radius 2 is 1.95 bits per heavy atom. The van der Waals surface area contributed by atoms with E-state index in [1.807, 2.05) is 6.08 Å². The Morgan fingerprint density at radius 3 is 2.63 bits per heavy atom. The van der Waals surface area contributed by atoms with Crippen molar-refractivity contribution in [1.82, 2.24) is 9.97 Å². The summed E-state index contributed by atoms with van der Waals surface area (Å²) in [7, 11) is 0. The van der Waals surface area contributed by atoms with Gasteiger partial charge in [-0.05, 0) is 24.8 Å². The van der Waals surface area contributed by atoms with Crippen molar-refractivity contribution in [3.8, 4) is 0 Å². The minimum absolute atomic E-state index is 0.412. The summed E-state index contributed by atoms with van der Waals surface area (Å²) in [4.78, 5) is 9.25. The van der Waals surface area contributed by atoms with E-state index in [2.05, 4.69) is 44.0 Å². The van der Waals surface area contributed by atoms with Crippen LogP contribution >= 0.6 is 0 Å². The SMILES string of the molecule is CCCC(CC)c1nc(N)c2c(n1)C=CC(C)C=C2. The molecule has 1 aliphatic rings. The Balaban J connectivity index is 2.44. The van der Waals surface area contributed by atoms with E-state index in [1.165, 1.54) is 0 Å². The highest BCUT2D eigenvalue weighted by Gasteiger charge is 2.16. The van der Waals surface area contributed by atoms with Crippen molar-refractivity contribution >= 4 is 18.0 Å². The molecule has 19 heavy (non-hydrogen) atoms. The predicted molar refractivity (Wildman–Crippen MR) is 81.6 cm³/mol. The molecule has 3 heteroatoms. The topological polar surface area (TPSA) is 51.8 Å². The Labute approximate surface area is 115 Å². The molecule has 2 N–H and O–H groups in total. The van der Waals surface area contributed by atoms with E-state index in [-0.39, 0.29) is 0 Å². The minimum Gasteiger partial charge on any atom is -0.383 e. The first-order valence-corrected chi connectivity index (χ1v) is 7.19. The molecule has 0 radical (unpaired) electrons. The van der Waals surface area contributed by atoms with Gasteiger partial charge in [-0.1, -0.05) is 45.4 Å². The maximum Gasteiger partial charge on any atom is 0.135 e. The van der Waals surface area contributed by atoms with Crippen molar-refractivity contribution in [3.05, 3.63) is 29.2 Å². The smallest absolute Gasteiger partial charge is 0.135 e. The van der Waals surface area contributed by atoms with Crippen LogP contribution in [0.15, 0.2) is 12.2 Å². The third kappa shape index (κ3) is 3.03. The van der Waals surface area contributed by atoms with Crippen LogP contribution in [-0.4, -0.2) is 9.97 Å². The van der Waals surface area contributed by atoms with Gasteiger partial charge in [0.15, 0.2) is 0 Å². The van der Waals surface area contributed by atoms with Crippen LogP contribution in [0.2, 0.25) is 0 Å². The Kier molecular flexibility index (Phi) is 4.35. The average Bonchev–Trinajstić information content (AvgIpc) is 2.58. The van der Waals surface area contributed by atoms with Gasteiger partial charge in [-0.3, -0.25) is 0 Å². The number of aromatic nitrogens is 2. The normalized spacial score (nSPS) is 19.0. The summed E-state index contributed by atoms with van der Waals surface area (Å²) in [6, 6.07) is 0. The predicted octanol–water partition coefficient (Wildman–Crippen LogP) is 4.03. The molecule has 1 aromatic heterocycles. The summed E-state index contributed by atoms with van der Waals surface area (Å²) in [6.07, 6.45) is 11.7. The van der Waals surface area contributed by atoms with E-state index in [1.54, 1.807) is 0 Å².